The average molecular weight is 291 g/mol. The first-order valence-corrected chi connectivity index (χ1v) is 7.20. The molecule has 20 heavy (non-hydrogen) atoms. The highest BCUT2D eigenvalue weighted by Crippen LogP contribution is 2.13. The lowest BCUT2D eigenvalue weighted by Gasteiger charge is -2.07. The van der Waals surface area contributed by atoms with E-state index in [-0.39, 0.29) is 5.91 Å². The van der Waals surface area contributed by atoms with E-state index in [1.807, 2.05) is 41.8 Å². The van der Waals surface area contributed by atoms with Crippen LogP contribution in [0.15, 0.2) is 41.8 Å². The zero-order chi connectivity index (χ0) is 14.2. The first kappa shape index (κ1) is 14.6. The fourth-order valence-corrected chi connectivity index (χ4v) is 2.26. The summed E-state index contributed by atoms with van der Waals surface area (Å²) < 4.78 is 10.4. The molecule has 0 aliphatic heterocycles. The molecule has 0 unspecified atom stereocenters. The average Bonchev–Trinajstić information content (AvgIpc) is 3.01. The molecule has 0 fully saturated rings. The maximum absolute atomic E-state index is 11.8. The van der Waals surface area contributed by atoms with Gasteiger partial charge in [0.1, 0.15) is 12.4 Å². The van der Waals surface area contributed by atoms with Gasteiger partial charge >= 0.3 is 0 Å². The van der Waals surface area contributed by atoms with Crippen molar-refractivity contribution in [3.05, 3.63) is 52.2 Å². The molecule has 1 N–H and O–H groups in total. The fraction of sp³-hybridized carbons (Fsp3) is 0.267. The Morgan fingerprint density at radius 1 is 1.20 bits per heavy atom. The standard InChI is InChI=1S/C15H17NO3S/c1-18-8-9-19-13-6-4-12(5-7-13)11-16-15(17)14-3-2-10-20-14/h2-7,10H,8-9,11H2,1H3,(H,16,17). The minimum absolute atomic E-state index is 0.0413. The highest BCUT2D eigenvalue weighted by molar-refractivity contribution is 7.12. The molecule has 2 rings (SSSR count). The molecule has 0 saturated carbocycles. The third kappa shape index (κ3) is 4.36. The number of hydrogen-bond acceptors (Lipinski definition) is 4. The van der Waals surface area contributed by atoms with Gasteiger partial charge in [-0.05, 0) is 29.1 Å². The van der Waals surface area contributed by atoms with Crippen molar-refractivity contribution in [2.45, 2.75) is 6.54 Å². The smallest absolute Gasteiger partial charge is 0.261 e. The molecule has 0 atom stereocenters. The summed E-state index contributed by atoms with van der Waals surface area (Å²) in [5, 5.41) is 4.77. The molecular weight excluding hydrogens is 274 g/mol. The Kier molecular flexibility index (Phi) is 5.58. The molecule has 0 saturated heterocycles. The summed E-state index contributed by atoms with van der Waals surface area (Å²) in [4.78, 5) is 12.5. The number of nitrogens with one attached hydrogen (secondary N) is 1. The lowest BCUT2D eigenvalue weighted by molar-refractivity contribution is 0.0955. The third-order valence-electron chi connectivity index (χ3n) is 2.68. The molecule has 1 amide bonds. The molecule has 1 aromatic heterocycles. The molecule has 1 heterocycles. The van der Waals surface area contributed by atoms with Gasteiger partial charge in [-0.25, -0.2) is 0 Å². The predicted molar refractivity (Wildman–Crippen MR) is 79.3 cm³/mol. The first-order chi connectivity index (χ1) is 9.79. The van der Waals surface area contributed by atoms with Crippen LogP contribution in [0.5, 0.6) is 5.75 Å². The van der Waals surface area contributed by atoms with Gasteiger partial charge in [0, 0.05) is 13.7 Å². The summed E-state index contributed by atoms with van der Waals surface area (Å²) in [5.41, 5.74) is 1.04. The van der Waals surface area contributed by atoms with Crippen LogP contribution in [0, 0.1) is 0 Å². The van der Waals surface area contributed by atoms with Crippen LogP contribution in [-0.4, -0.2) is 26.2 Å². The molecule has 0 spiro atoms. The van der Waals surface area contributed by atoms with Crippen LogP contribution in [0.3, 0.4) is 0 Å². The molecule has 2 aromatic rings. The van der Waals surface area contributed by atoms with Gasteiger partial charge in [-0.1, -0.05) is 18.2 Å². The number of hydrogen-bond donors (Lipinski definition) is 1. The van der Waals surface area contributed by atoms with Gasteiger partial charge < -0.3 is 14.8 Å². The lowest BCUT2D eigenvalue weighted by Crippen LogP contribution is -2.21. The SMILES string of the molecule is COCCOc1ccc(CNC(=O)c2cccs2)cc1. The number of rotatable bonds is 7. The van der Waals surface area contributed by atoms with E-state index >= 15 is 0 Å². The van der Waals surface area contributed by atoms with Crippen molar-refractivity contribution in [1.29, 1.82) is 0 Å². The second kappa shape index (κ2) is 7.67. The van der Waals surface area contributed by atoms with Gasteiger partial charge in [-0.2, -0.15) is 0 Å². The third-order valence-corrected chi connectivity index (χ3v) is 3.55. The summed E-state index contributed by atoms with van der Waals surface area (Å²) in [6.07, 6.45) is 0. The Bertz CT molecular complexity index is 523. The Balaban J connectivity index is 1.80. The van der Waals surface area contributed by atoms with Crippen molar-refractivity contribution in [2.24, 2.45) is 0 Å². The van der Waals surface area contributed by atoms with E-state index in [4.69, 9.17) is 9.47 Å². The van der Waals surface area contributed by atoms with Crippen LogP contribution >= 0.6 is 11.3 Å². The number of benzene rings is 1. The van der Waals surface area contributed by atoms with Gasteiger partial charge in [0.2, 0.25) is 0 Å². The molecule has 106 valence electrons. The number of carbonyl (C=O) groups excluding carboxylic acids is 1. The molecule has 4 nitrogen and oxygen atoms in total. The summed E-state index contributed by atoms with van der Waals surface area (Å²) in [6.45, 7) is 1.61. The van der Waals surface area contributed by atoms with E-state index in [0.717, 1.165) is 16.2 Å². The Labute approximate surface area is 122 Å². The van der Waals surface area contributed by atoms with Crippen molar-refractivity contribution >= 4 is 17.2 Å². The summed E-state index contributed by atoms with van der Waals surface area (Å²) in [7, 11) is 1.64. The van der Waals surface area contributed by atoms with Crippen molar-refractivity contribution in [2.75, 3.05) is 20.3 Å². The van der Waals surface area contributed by atoms with E-state index in [1.165, 1.54) is 11.3 Å². The van der Waals surface area contributed by atoms with Crippen molar-refractivity contribution < 1.29 is 14.3 Å². The van der Waals surface area contributed by atoms with E-state index in [0.29, 0.717) is 19.8 Å². The summed E-state index contributed by atoms with van der Waals surface area (Å²) in [5.74, 6) is 0.760. The van der Waals surface area contributed by atoms with Crippen LogP contribution in [0.4, 0.5) is 0 Å². The normalized spacial score (nSPS) is 10.2. The highest BCUT2D eigenvalue weighted by atomic mass is 32.1. The highest BCUT2D eigenvalue weighted by Gasteiger charge is 2.05. The van der Waals surface area contributed by atoms with E-state index in [2.05, 4.69) is 5.32 Å². The first-order valence-electron chi connectivity index (χ1n) is 6.32. The van der Waals surface area contributed by atoms with Crippen molar-refractivity contribution in [3.63, 3.8) is 0 Å². The Morgan fingerprint density at radius 3 is 2.65 bits per heavy atom. The number of amides is 1. The van der Waals surface area contributed by atoms with Gasteiger partial charge in [0.15, 0.2) is 0 Å². The van der Waals surface area contributed by atoms with Crippen molar-refractivity contribution in [3.8, 4) is 5.75 Å². The second-order valence-corrected chi connectivity index (χ2v) is 5.09. The number of methoxy groups -OCH3 is 1. The molecular formula is C15H17NO3S. The molecule has 0 aliphatic rings. The van der Waals surface area contributed by atoms with Gasteiger partial charge in [0.05, 0.1) is 11.5 Å². The summed E-state index contributed by atoms with van der Waals surface area (Å²) >= 11 is 1.44. The molecule has 0 bridgehead atoms. The number of ether oxygens (including phenoxy) is 2. The number of thiophene rings is 1. The second-order valence-electron chi connectivity index (χ2n) is 4.15. The topological polar surface area (TPSA) is 47.6 Å². The zero-order valence-electron chi connectivity index (χ0n) is 11.3. The molecule has 1 aromatic carbocycles. The van der Waals surface area contributed by atoms with Gasteiger partial charge in [-0.3, -0.25) is 4.79 Å². The Morgan fingerprint density at radius 2 is 2.00 bits per heavy atom. The van der Waals surface area contributed by atoms with Crippen molar-refractivity contribution in [1.82, 2.24) is 5.32 Å². The van der Waals surface area contributed by atoms with Gasteiger partial charge in [0.25, 0.3) is 5.91 Å². The largest absolute Gasteiger partial charge is 0.491 e. The lowest BCUT2D eigenvalue weighted by atomic mass is 10.2. The van der Waals surface area contributed by atoms with Crippen LogP contribution < -0.4 is 10.1 Å². The van der Waals surface area contributed by atoms with Gasteiger partial charge in [-0.15, -0.1) is 11.3 Å². The van der Waals surface area contributed by atoms with Crippen LogP contribution in [0.25, 0.3) is 0 Å². The zero-order valence-corrected chi connectivity index (χ0v) is 12.1. The van der Waals surface area contributed by atoms with E-state index in [1.54, 1.807) is 7.11 Å². The van der Waals surface area contributed by atoms with Crippen LogP contribution in [-0.2, 0) is 11.3 Å². The van der Waals surface area contributed by atoms with Crippen LogP contribution in [0.2, 0.25) is 0 Å². The van der Waals surface area contributed by atoms with E-state index < -0.39 is 0 Å². The molecule has 5 heteroatoms. The number of carbonyl (C=O) groups is 1. The quantitative estimate of drug-likeness (QED) is 0.798. The van der Waals surface area contributed by atoms with E-state index in [9.17, 15) is 4.79 Å². The monoisotopic (exact) mass is 291 g/mol. The minimum atomic E-state index is -0.0413. The summed E-state index contributed by atoms with van der Waals surface area (Å²) in [6, 6.07) is 11.3. The maximum atomic E-state index is 11.8. The minimum Gasteiger partial charge on any atom is -0.491 e. The predicted octanol–water partition coefficient (Wildman–Crippen LogP) is 2.70. The molecule has 0 radical (unpaired) electrons. The Hall–Kier alpha value is -1.85. The maximum Gasteiger partial charge on any atom is 0.261 e. The molecule has 0 aliphatic carbocycles. The van der Waals surface area contributed by atoms with Crippen LogP contribution in [0.1, 0.15) is 15.2 Å². The fourth-order valence-electron chi connectivity index (χ4n) is 1.62.